The molecule has 0 spiro atoms. The van der Waals surface area contributed by atoms with Crippen LogP contribution in [-0.2, 0) is 0 Å². The molecule has 2 nitrogen and oxygen atoms in total. The molecule has 1 N–H and O–H groups in total. The molecule has 2 aliphatic carbocycles. The predicted molar refractivity (Wildman–Crippen MR) is 80.1 cm³/mol. The third-order valence-electron chi connectivity index (χ3n) is 5.71. The molecular weight excluding hydrogens is 240 g/mol. The normalized spacial score (nSPS) is 45.3. The van der Waals surface area contributed by atoms with E-state index >= 15 is 0 Å². The summed E-state index contributed by atoms with van der Waals surface area (Å²) in [5.41, 5.74) is 0.932. The summed E-state index contributed by atoms with van der Waals surface area (Å²) < 4.78 is 0. The van der Waals surface area contributed by atoms with Gasteiger partial charge in [0.15, 0.2) is 5.17 Å². The molecule has 3 rings (SSSR count). The summed E-state index contributed by atoms with van der Waals surface area (Å²) in [7, 11) is 0. The van der Waals surface area contributed by atoms with Gasteiger partial charge in [-0.3, -0.25) is 4.99 Å². The smallest absolute Gasteiger partial charge is 0.157 e. The van der Waals surface area contributed by atoms with E-state index < -0.39 is 0 Å². The van der Waals surface area contributed by atoms with Gasteiger partial charge in [0.05, 0.1) is 6.54 Å². The van der Waals surface area contributed by atoms with Crippen LogP contribution in [0.2, 0.25) is 0 Å². The Kier molecular flexibility index (Phi) is 2.96. The molecular formula is C15H26N2S. The summed E-state index contributed by atoms with van der Waals surface area (Å²) in [5, 5.41) is 5.74. The lowest BCUT2D eigenvalue weighted by atomic mass is 9.68. The second-order valence-corrected chi connectivity index (χ2v) is 8.58. The highest BCUT2D eigenvalue weighted by Gasteiger charge is 2.59. The maximum Gasteiger partial charge on any atom is 0.157 e. The summed E-state index contributed by atoms with van der Waals surface area (Å²) in [6.45, 7) is 10.7. The largest absolute Gasteiger partial charge is 0.361 e. The molecule has 18 heavy (non-hydrogen) atoms. The second-order valence-electron chi connectivity index (χ2n) is 7.29. The van der Waals surface area contributed by atoms with E-state index in [9.17, 15) is 0 Å². The van der Waals surface area contributed by atoms with Crippen molar-refractivity contribution in [2.24, 2.45) is 21.7 Å². The van der Waals surface area contributed by atoms with Crippen LogP contribution >= 0.6 is 11.8 Å². The van der Waals surface area contributed by atoms with Gasteiger partial charge >= 0.3 is 0 Å². The Morgan fingerprint density at radius 3 is 2.72 bits per heavy atom. The predicted octanol–water partition coefficient (Wildman–Crippen LogP) is 3.67. The number of aliphatic imine (C=N–C) groups is 1. The molecule has 0 radical (unpaired) electrons. The highest BCUT2D eigenvalue weighted by molar-refractivity contribution is 8.14. The first kappa shape index (κ1) is 12.8. The monoisotopic (exact) mass is 266 g/mol. The van der Waals surface area contributed by atoms with Gasteiger partial charge in [0, 0.05) is 11.3 Å². The molecule has 1 aliphatic heterocycles. The topological polar surface area (TPSA) is 24.4 Å². The van der Waals surface area contributed by atoms with E-state index in [1.54, 1.807) is 0 Å². The molecule has 0 aromatic carbocycles. The van der Waals surface area contributed by atoms with Crippen molar-refractivity contribution in [2.75, 3.05) is 6.54 Å². The molecule has 0 aromatic heterocycles. The Bertz CT molecular complexity index is 372. The van der Waals surface area contributed by atoms with Crippen LogP contribution in [0, 0.1) is 16.7 Å². The Hall–Kier alpha value is -0.180. The molecule has 0 saturated heterocycles. The van der Waals surface area contributed by atoms with Crippen molar-refractivity contribution >= 4 is 16.9 Å². The first-order chi connectivity index (χ1) is 8.45. The summed E-state index contributed by atoms with van der Waals surface area (Å²) >= 11 is 1.96. The van der Waals surface area contributed by atoms with E-state index in [1.807, 2.05) is 11.8 Å². The number of rotatable bonds is 2. The quantitative estimate of drug-likeness (QED) is 0.824. The lowest BCUT2D eigenvalue weighted by molar-refractivity contribution is 0.126. The highest BCUT2D eigenvalue weighted by atomic mass is 32.2. The van der Waals surface area contributed by atoms with Crippen LogP contribution in [0.25, 0.3) is 0 Å². The van der Waals surface area contributed by atoms with E-state index in [0.717, 1.165) is 12.5 Å². The van der Waals surface area contributed by atoms with Crippen molar-refractivity contribution < 1.29 is 0 Å². The fraction of sp³-hybridized carbons (Fsp3) is 0.933. The van der Waals surface area contributed by atoms with E-state index in [2.05, 4.69) is 33.0 Å². The zero-order valence-electron chi connectivity index (χ0n) is 12.1. The minimum absolute atomic E-state index is 0.431. The molecule has 2 bridgehead atoms. The van der Waals surface area contributed by atoms with E-state index in [1.165, 1.54) is 30.9 Å². The standard InChI is InChI=1S/C15H26N2S/c1-5-11-9-16-13(18-11)17-12-14(2,3)10-6-7-15(12,4)8-10/h10-12H,5-9H2,1-4H3,(H,16,17). The van der Waals surface area contributed by atoms with Gasteiger partial charge in [-0.1, -0.05) is 39.5 Å². The first-order valence-corrected chi connectivity index (χ1v) is 8.31. The maximum atomic E-state index is 4.70. The van der Waals surface area contributed by atoms with Gasteiger partial charge in [-0.25, -0.2) is 0 Å². The zero-order chi connectivity index (χ0) is 13.0. The molecule has 1 heterocycles. The lowest BCUT2D eigenvalue weighted by Crippen LogP contribution is -2.51. The Labute approximate surface area is 115 Å². The van der Waals surface area contributed by atoms with Crippen LogP contribution < -0.4 is 5.32 Å². The second kappa shape index (κ2) is 4.16. The van der Waals surface area contributed by atoms with Crippen LogP contribution in [-0.4, -0.2) is 23.0 Å². The van der Waals surface area contributed by atoms with E-state index in [0.29, 0.717) is 22.1 Å². The first-order valence-electron chi connectivity index (χ1n) is 7.43. The van der Waals surface area contributed by atoms with Gasteiger partial charge in [0.25, 0.3) is 0 Å². The third kappa shape index (κ3) is 1.81. The number of amidine groups is 1. The van der Waals surface area contributed by atoms with Gasteiger partial charge in [-0.2, -0.15) is 0 Å². The molecule has 4 atom stereocenters. The summed E-state index contributed by atoms with van der Waals surface area (Å²) in [5.74, 6) is 0.911. The van der Waals surface area contributed by atoms with E-state index in [4.69, 9.17) is 4.99 Å². The number of thioether (sulfide) groups is 1. The third-order valence-corrected chi connectivity index (χ3v) is 7.00. The van der Waals surface area contributed by atoms with Crippen LogP contribution in [0.15, 0.2) is 4.99 Å². The minimum atomic E-state index is 0.431. The molecule has 0 amide bonds. The fourth-order valence-electron chi connectivity index (χ4n) is 4.49. The van der Waals surface area contributed by atoms with Crippen molar-refractivity contribution in [1.82, 2.24) is 5.32 Å². The average Bonchev–Trinajstić information content (AvgIpc) is 2.95. The molecule has 2 saturated carbocycles. The Balaban J connectivity index is 1.73. The molecule has 4 unspecified atom stereocenters. The summed E-state index contributed by atoms with van der Waals surface area (Å²) in [6, 6.07) is 0.616. The van der Waals surface area contributed by atoms with Crippen LogP contribution in [0.1, 0.15) is 53.4 Å². The van der Waals surface area contributed by atoms with Crippen molar-refractivity contribution in [3.05, 3.63) is 0 Å². The summed E-state index contributed by atoms with van der Waals surface area (Å²) in [4.78, 5) is 4.70. The minimum Gasteiger partial charge on any atom is -0.361 e. The molecule has 3 aliphatic rings. The van der Waals surface area contributed by atoms with Crippen molar-refractivity contribution in [3.8, 4) is 0 Å². The number of nitrogens with zero attached hydrogens (tertiary/aromatic N) is 1. The SMILES string of the molecule is CCC1CN=C(NC2C3(C)CCC(C3)C2(C)C)S1. The van der Waals surface area contributed by atoms with Gasteiger partial charge in [0.2, 0.25) is 0 Å². The Morgan fingerprint density at radius 1 is 1.39 bits per heavy atom. The van der Waals surface area contributed by atoms with Crippen molar-refractivity contribution in [3.63, 3.8) is 0 Å². The van der Waals surface area contributed by atoms with Crippen molar-refractivity contribution in [2.45, 2.75) is 64.7 Å². The highest BCUT2D eigenvalue weighted by Crippen LogP contribution is 2.62. The molecule has 3 heteroatoms. The van der Waals surface area contributed by atoms with E-state index in [-0.39, 0.29) is 0 Å². The number of hydrogen-bond acceptors (Lipinski definition) is 3. The fourth-order valence-corrected chi connectivity index (χ4v) is 5.46. The van der Waals surface area contributed by atoms with Crippen LogP contribution in [0.4, 0.5) is 0 Å². The maximum absolute atomic E-state index is 4.70. The molecule has 2 fully saturated rings. The van der Waals surface area contributed by atoms with Gasteiger partial charge in [-0.05, 0) is 42.4 Å². The number of nitrogens with one attached hydrogen (secondary N) is 1. The van der Waals surface area contributed by atoms with Gasteiger partial charge in [0.1, 0.15) is 0 Å². The number of hydrogen-bond donors (Lipinski definition) is 1. The lowest BCUT2D eigenvalue weighted by Gasteiger charge is -2.43. The van der Waals surface area contributed by atoms with Crippen molar-refractivity contribution in [1.29, 1.82) is 0 Å². The zero-order valence-corrected chi connectivity index (χ0v) is 12.9. The summed E-state index contributed by atoms with van der Waals surface area (Å²) in [6.07, 6.45) is 5.47. The van der Waals surface area contributed by atoms with Gasteiger partial charge in [-0.15, -0.1) is 0 Å². The average molecular weight is 266 g/mol. The van der Waals surface area contributed by atoms with Crippen LogP contribution in [0.3, 0.4) is 0 Å². The van der Waals surface area contributed by atoms with Crippen LogP contribution in [0.5, 0.6) is 0 Å². The van der Waals surface area contributed by atoms with Gasteiger partial charge < -0.3 is 5.32 Å². The molecule has 0 aromatic rings. The molecule has 102 valence electrons. The Morgan fingerprint density at radius 2 is 2.17 bits per heavy atom. The number of fused-ring (bicyclic) bond motifs is 2.